The molecule has 1 heterocycles. The molecular weight excluding hydrogens is 272 g/mol. The molecule has 0 aliphatic rings. The van der Waals surface area contributed by atoms with Gasteiger partial charge in [-0.15, -0.1) is 0 Å². The SMILES string of the molecule is CC(C)(CO)CNC(=O)c1ccc(Br)cn1. The molecule has 1 rings (SSSR count). The fraction of sp³-hybridized carbons (Fsp3) is 0.455. The Morgan fingerprint density at radius 2 is 2.25 bits per heavy atom. The third-order valence-electron chi connectivity index (χ3n) is 2.12. The quantitative estimate of drug-likeness (QED) is 0.884. The van der Waals surface area contributed by atoms with Crippen LogP contribution in [0.2, 0.25) is 0 Å². The molecule has 16 heavy (non-hydrogen) atoms. The molecule has 1 aromatic rings. The van der Waals surface area contributed by atoms with Crippen LogP contribution in [0.4, 0.5) is 0 Å². The summed E-state index contributed by atoms with van der Waals surface area (Å²) in [5.41, 5.74) is 0.0577. The van der Waals surface area contributed by atoms with Crippen molar-refractivity contribution < 1.29 is 9.90 Å². The van der Waals surface area contributed by atoms with Crippen molar-refractivity contribution in [1.29, 1.82) is 0 Å². The number of carbonyl (C=O) groups excluding carboxylic acids is 1. The molecule has 1 aromatic heterocycles. The first-order chi connectivity index (χ1) is 7.44. The maximum Gasteiger partial charge on any atom is 0.269 e. The number of rotatable bonds is 4. The smallest absolute Gasteiger partial charge is 0.269 e. The number of aromatic nitrogens is 1. The van der Waals surface area contributed by atoms with Gasteiger partial charge in [0.2, 0.25) is 0 Å². The Kier molecular flexibility index (Phi) is 4.44. The van der Waals surface area contributed by atoms with Gasteiger partial charge in [0.1, 0.15) is 5.69 Å². The summed E-state index contributed by atoms with van der Waals surface area (Å²) in [7, 11) is 0. The second kappa shape index (κ2) is 5.41. The van der Waals surface area contributed by atoms with E-state index in [-0.39, 0.29) is 17.9 Å². The van der Waals surface area contributed by atoms with E-state index in [1.54, 1.807) is 18.3 Å². The van der Waals surface area contributed by atoms with E-state index in [1.165, 1.54) is 0 Å². The molecule has 0 saturated heterocycles. The Morgan fingerprint density at radius 1 is 1.56 bits per heavy atom. The number of halogens is 1. The number of hydrogen-bond acceptors (Lipinski definition) is 3. The largest absolute Gasteiger partial charge is 0.396 e. The van der Waals surface area contributed by atoms with Gasteiger partial charge in [-0.3, -0.25) is 4.79 Å². The fourth-order valence-electron chi connectivity index (χ4n) is 0.976. The lowest BCUT2D eigenvalue weighted by Gasteiger charge is -2.21. The fourth-order valence-corrected chi connectivity index (χ4v) is 1.21. The predicted molar refractivity (Wildman–Crippen MR) is 65.1 cm³/mol. The van der Waals surface area contributed by atoms with E-state index in [9.17, 15) is 4.79 Å². The van der Waals surface area contributed by atoms with Crippen molar-refractivity contribution >= 4 is 21.8 Å². The minimum Gasteiger partial charge on any atom is -0.396 e. The Morgan fingerprint density at radius 3 is 2.75 bits per heavy atom. The van der Waals surface area contributed by atoms with Crippen molar-refractivity contribution in [3.63, 3.8) is 0 Å². The average Bonchev–Trinajstić information content (AvgIpc) is 2.27. The van der Waals surface area contributed by atoms with Crippen LogP contribution in [0.15, 0.2) is 22.8 Å². The van der Waals surface area contributed by atoms with Gasteiger partial charge in [0, 0.05) is 29.2 Å². The van der Waals surface area contributed by atoms with E-state index in [0.29, 0.717) is 12.2 Å². The van der Waals surface area contributed by atoms with Crippen molar-refractivity contribution in [2.75, 3.05) is 13.2 Å². The number of aliphatic hydroxyl groups excluding tert-OH is 1. The van der Waals surface area contributed by atoms with Crippen molar-refractivity contribution in [1.82, 2.24) is 10.3 Å². The Balaban J connectivity index is 2.56. The van der Waals surface area contributed by atoms with Crippen LogP contribution in [0.25, 0.3) is 0 Å². The first-order valence-corrected chi connectivity index (χ1v) is 5.74. The normalized spacial score (nSPS) is 11.2. The summed E-state index contributed by atoms with van der Waals surface area (Å²) in [6, 6.07) is 3.41. The van der Waals surface area contributed by atoms with Gasteiger partial charge in [-0.05, 0) is 28.1 Å². The Bertz CT molecular complexity index is 363. The summed E-state index contributed by atoms with van der Waals surface area (Å²) in [6.07, 6.45) is 1.58. The highest BCUT2D eigenvalue weighted by Crippen LogP contribution is 2.12. The number of nitrogens with zero attached hydrogens (tertiary/aromatic N) is 1. The number of nitrogens with one attached hydrogen (secondary N) is 1. The van der Waals surface area contributed by atoms with Gasteiger partial charge < -0.3 is 10.4 Å². The second-order valence-electron chi connectivity index (χ2n) is 4.37. The molecule has 0 aliphatic heterocycles. The van der Waals surface area contributed by atoms with Gasteiger partial charge in [0.25, 0.3) is 5.91 Å². The van der Waals surface area contributed by atoms with E-state index < -0.39 is 0 Å². The lowest BCUT2D eigenvalue weighted by Crippen LogP contribution is -2.36. The summed E-state index contributed by atoms with van der Waals surface area (Å²) in [5, 5.41) is 11.8. The zero-order chi connectivity index (χ0) is 12.2. The molecule has 1 amide bonds. The van der Waals surface area contributed by atoms with Crippen molar-refractivity contribution in [2.24, 2.45) is 5.41 Å². The maximum absolute atomic E-state index is 11.6. The van der Waals surface area contributed by atoms with Gasteiger partial charge in [-0.25, -0.2) is 4.98 Å². The zero-order valence-electron chi connectivity index (χ0n) is 9.33. The summed E-state index contributed by atoms with van der Waals surface area (Å²) in [4.78, 5) is 15.6. The van der Waals surface area contributed by atoms with Crippen LogP contribution in [-0.4, -0.2) is 29.1 Å². The molecule has 0 bridgehead atoms. The molecule has 5 heteroatoms. The lowest BCUT2D eigenvalue weighted by atomic mass is 9.95. The monoisotopic (exact) mass is 286 g/mol. The molecule has 4 nitrogen and oxygen atoms in total. The maximum atomic E-state index is 11.6. The highest BCUT2D eigenvalue weighted by Gasteiger charge is 2.18. The minimum absolute atomic E-state index is 0.0288. The zero-order valence-corrected chi connectivity index (χ0v) is 10.9. The number of amides is 1. The van der Waals surface area contributed by atoms with Crippen LogP contribution in [0.3, 0.4) is 0 Å². The van der Waals surface area contributed by atoms with Crippen LogP contribution in [0.5, 0.6) is 0 Å². The van der Waals surface area contributed by atoms with E-state index in [2.05, 4.69) is 26.2 Å². The van der Waals surface area contributed by atoms with E-state index >= 15 is 0 Å². The first-order valence-electron chi connectivity index (χ1n) is 4.95. The molecule has 0 spiro atoms. The van der Waals surface area contributed by atoms with Gasteiger partial charge in [-0.2, -0.15) is 0 Å². The van der Waals surface area contributed by atoms with Crippen molar-refractivity contribution in [3.8, 4) is 0 Å². The number of carbonyl (C=O) groups is 1. The summed E-state index contributed by atoms with van der Waals surface area (Å²) < 4.78 is 0.833. The topological polar surface area (TPSA) is 62.2 Å². The first kappa shape index (κ1) is 13.1. The third kappa shape index (κ3) is 3.90. The van der Waals surface area contributed by atoms with E-state index in [1.807, 2.05) is 13.8 Å². The molecule has 88 valence electrons. The number of hydrogen-bond donors (Lipinski definition) is 2. The van der Waals surface area contributed by atoms with Crippen molar-refractivity contribution in [3.05, 3.63) is 28.5 Å². The molecule has 0 atom stereocenters. The number of aliphatic hydroxyl groups is 1. The van der Waals surface area contributed by atoms with Crippen LogP contribution in [0.1, 0.15) is 24.3 Å². The second-order valence-corrected chi connectivity index (χ2v) is 5.28. The van der Waals surface area contributed by atoms with Crippen LogP contribution in [0, 0.1) is 5.41 Å². The summed E-state index contributed by atoms with van der Waals surface area (Å²) in [5.74, 6) is -0.228. The highest BCUT2D eigenvalue weighted by molar-refractivity contribution is 9.10. The molecule has 0 radical (unpaired) electrons. The lowest BCUT2D eigenvalue weighted by molar-refractivity contribution is 0.0906. The third-order valence-corrected chi connectivity index (χ3v) is 2.58. The molecule has 0 aromatic carbocycles. The Labute approximate surface area is 103 Å². The molecule has 0 saturated carbocycles. The summed E-state index contributed by atoms with van der Waals surface area (Å²) in [6.45, 7) is 4.20. The van der Waals surface area contributed by atoms with Crippen LogP contribution < -0.4 is 5.32 Å². The van der Waals surface area contributed by atoms with E-state index in [4.69, 9.17) is 5.11 Å². The molecular formula is C11H15BrN2O2. The van der Waals surface area contributed by atoms with Gasteiger partial charge in [0.15, 0.2) is 0 Å². The van der Waals surface area contributed by atoms with Crippen LogP contribution >= 0.6 is 15.9 Å². The van der Waals surface area contributed by atoms with Gasteiger partial charge in [0.05, 0.1) is 0 Å². The Hall–Kier alpha value is -0.940. The molecule has 0 unspecified atom stereocenters. The van der Waals surface area contributed by atoms with Gasteiger partial charge in [-0.1, -0.05) is 13.8 Å². The standard InChI is InChI=1S/C11H15BrN2O2/c1-11(2,7-15)6-14-10(16)9-4-3-8(12)5-13-9/h3-5,15H,6-7H2,1-2H3,(H,14,16). The minimum atomic E-state index is -0.314. The molecule has 0 aliphatic carbocycles. The molecule has 0 fully saturated rings. The van der Waals surface area contributed by atoms with Gasteiger partial charge >= 0.3 is 0 Å². The van der Waals surface area contributed by atoms with E-state index in [0.717, 1.165) is 4.47 Å². The predicted octanol–water partition coefficient (Wildman–Crippen LogP) is 1.59. The average molecular weight is 287 g/mol. The number of pyridine rings is 1. The van der Waals surface area contributed by atoms with Crippen molar-refractivity contribution in [2.45, 2.75) is 13.8 Å². The molecule has 2 N–H and O–H groups in total. The summed E-state index contributed by atoms with van der Waals surface area (Å²) >= 11 is 3.25. The highest BCUT2D eigenvalue weighted by atomic mass is 79.9. The van der Waals surface area contributed by atoms with Crippen LogP contribution in [-0.2, 0) is 0 Å².